The standard InChI is InChI=1S/C24H22BrN3O3S/c1-2-31-20-14-13-18(25)15-19(20)22(29)26-24(32)28-27-23(30)21(16-9-5-3-6-10-16)17-11-7-4-8-12-17/h3-15,21H,2H2,1H3,(H,27,30)(H2,26,28,29,32). The lowest BCUT2D eigenvalue weighted by Crippen LogP contribution is -2.49. The molecule has 2 amide bonds. The fourth-order valence-electron chi connectivity index (χ4n) is 3.14. The van der Waals surface area contributed by atoms with Crippen molar-refractivity contribution in [1.29, 1.82) is 0 Å². The topological polar surface area (TPSA) is 79.5 Å². The Morgan fingerprint density at radius 1 is 0.938 bits per heavy atom. The number of benzene rings is 3. The zero-order chi connectivity index (χ0) is 22.9. The van der Waals surface area contributed by atoms with Crippen LogP contribution in [0, 0.1) is 0 Å². The molecular formula is C24H22BrN3O3S. The second-order valence-corrected chi connectivity index (χ2v) is 8.05. The third-order valence-electron chi connectivity index (χ3n) is 4.54. The molecule has 164 valence electrons. The molecule has 6 nitrogen and oxygen atoms in total. The summed E-state index contributed by atoms with van der Waals surface area (Å²) in [7, 11) is 0. The van der Waals surface area contributed by atoms with Gasteiger partial charge in [0.25, 0.3) is 5.91 Å². The van der Waals surface area contributed by atoms with E-state index in [0.29, 0.717) is 17.9 Å². The van der Waals surface area contributed by atoms with Gasteiger partial charge in [-0.2, -0.15) is 0 Å². The monoisotopic (exact) mass is 511 g/mol. The van der Waals surface area contributed by atoms with Crippen molar-refractivity contribution in [3.63, 3.8) is 0 Å². The first-order valence-corrected chi connectivity index (χ1v) is 11.1. The average molecular weight is 512 g/mol. The molecular weight excluding hydrogens is 490 g/mol. The lowest BCUT2D eigenvalue weighted by Gasteiger charge is -2.19. The third kappa shape index (κ3) is 6.15. The Kier molecular flexibility index (Phi) is 8.35. The van der Waals surface area contributed by atoms with Crippen molar-refractivity contribution in [1.82, 2.24) is 16.2 Å². The molecule has 0 aliphatic heterocycles. The maximum atomic E-state index is 13.0. The third-order valence-corrected chi connectivity index (χ3v) is 5.24. The van der Waals surface area contributed by atoms with Crippen molar-refractivity contribution in [3.8, 4) is 5.75 Å². The molecule has 32 heavy (non-hydrogen) atoms. The lowest BCUT2D eigenvalue weighted by molar-refractivity contribution is -0.122. The summed E-state index contributed by atoms with van der Waals surface area (Å²) in [5, 5.41) is 2.53. The fraction of sp³-hybridized carbons (Fsp3) is 0.125. The molecule has 0 heterocycles. The number of thiocarbonyl (C=S) groups is 1. The Balaban J connectivity index is 1.68. The molecule has 0 bridgehead atoms. The van der Waals surface area contributed by atoms with Crippen molar-refractivity contribution >= 4 is 45.1 Å². The number of rotatable bonds is 6. The van der Waals surface area contributed by atoms with E-state index in [0.717, 1.165) is 15.6 Å². The van der Waals surface area contributed by atoms with E-state index in [1.165, 1.54) is 0 Å². The Bertz CT molecular complexity index is 1050. The minimum absolute atomic E-state index is 0.0364. The highest BCUT2D eigenvalue weighted by Crippen LogP contribution is 2.25. The van der Waals surface area contributed by atoms with Gasteiger partial charge in [-0.05, 0) is 48.5 Å². The van der Waals surface area contributed by atoms with Crippen LogP contribution in [0.3, 0.4) is 0 Å². The Labute approximate surface area is 200 Å². The van der Waals surface area contributed by atoms with Gasteiger partial charge in [-0.25, -0.2) is 0 Å². The van der Waals surface area contributed by atoms with Gasteiger partial charge in [0.2, 0.25) is 5.91 Å². The van der Waals surface area contributed by atoms with E-state index in [2.05, 4.69) is 32.1 Å². The Morgan fingerprint density at radius 2 is 1.53 bits per heavy atom. The predicted octanol–water partition coefficient (Wildman–Crippen LogP) is 4.32. The van der Waals surface area contributed by atoms with Gasteiger partial charge in [-0.3, -0.25) is 25.8 Å². The quantitative estimate of drug-likeness (QED) is 0.339. The van der Waals surface area contributed by atoms with Crippen molar-refractivity contribution in [2.24, 2.45) is 0 Å². The molecule has 0 fully saturated rings. The second kappa shape index (κ2) is 11.4. The van der Waals surface area contributed by atoms with Gasteiger partial charge in [-0.15, -0.1) is 0 Å². The molecule has 0 saturated heterocycles. The van der Waals surface area contributed by atoms with Crippen LogP contribution in [0.1, 0.15) is 34.3 Å². The predicted molar refractivity (Wildman–Crippen MR) is 131 cm³/mol. The van der Waals surface area contributed by atoms with Crippen LogP contribution in [0.25, 0.3) is 0 Å². The zero-order valence-corrected chi connectivity index (χ0v) is 19.7. The largest absolute Gasteiger partial charge is 0.493 e. The van der Waals surface area contributed by atoms with Crippen LogP contribution in [-0.2, 0) is 4.79 Å². The van der Waals surface area contributed by atoms with Crippen LogP contribution >= 0.6 is 28.1 Å². The first-order valence-electron chi connectivity index (χ1n) is 9.93. The summed E-state index contributed by atoms with van der Waals surface area (Å²) in [6, 6.07) is 24.0. The first kappa shape index (κ1) is 23.4. The van der Waals surface area contributed by atoms with Crippen molar-refractivity contribution in [3.05, 3.63) is 100 Å². The van der Waals surface area contributed by atoms with E-state index in [1.54, 1.807) is 18.2 Å². The molecule has 3 aromatic carbocycles. The van der Waals surface area contributed by atoms with Crippen LogP contribution in [-0.4, -0.2) is 23.5 Å². The van der Waals surface area contributed by atoms with Crippen LogP contribution in [0.15, 0.2) is 83.3 Å². The maximum absolute atomic E-state index is 13.0. The van der Waals surface area contributed by atoms with Crippen molar-refractivity contribution in [2.45, 2.75) is 12.8 Å². The number of hydrazine groups is 1. The summed E-state index contributed by atoms with van der Waals surface area (Å²) in [6.45, 7) is 2.25. The SMILES string of the molecule is CCOc1ccc(Br)cc1C(=O)NC(=S)NNC(=O)C(c1ccccc1)c1ccccc1. The molecule has 0 aliphatic rings. The normalized spacial score (nSPS) is 10.3. The Morgan fingerprint density at radius 3 is 2.09 bits per heavy atom. The smallest absolute Gasteiger partial charge is 0.261 e. The van der Waals surface area contributed by atoms with Gasteiger partial charge < -0.3 is 4.74 Å². The van der Waals surface area contributed by atoms with E-state index >= 15 is 0 Å². The molecule has 0 saturated carbocycles. The van der Waals surface area contributed by atoms with Crippen molar-refractivity contribution < 1.29 is 14.3 Å². The number of hydrogen-bond acceptors (Lipinski definition) is 4. The van der Waals surface area contributed by atoms with Gasteiger partial charge in [0, 0.05) is 4.47 Å². The number of halogens is 1. The van der Waals surface area contributed by atoms with Gasteiger partial charge in [-0.1, -0.05) is 76.6 Å². The molecule has 0 unspecified atom stereocenters. The fourth-order valence-corrected chi connectivity index (χ4v) is 3.64. The van der Waals surface area contributed by atoms with Gasteiger partial charge in [0.05, 0.1) is 18.1 Å². The summed E-state index contributed by atoms with van der Waals surface area (Å²) in [5.74, 6) is -0.869. The minimum Gasteiger partial charge on any atom is -0.493 e. The maximum Gasteiger partial charge on any atom is 0.261 e. The van der Waals surface area contributed by atoms with Crippen LogP contribution in [0.4, 0.5) is 0 Å². The van der Waals surface area contributed by atoms with E-state index in [4.69, 9.17) is 17.0 Å². The second-order valence-electron chi connectivity index (χ2n) is 6.73. The number of ether oxygens (including phenoxy) is 1. The Hall–Kier alpha value is -3.23. The molecule has 0 radical (unpaired) electrons. The van der Waals surface area contributed by atoms with Crippen LogP contribution < -0.4 is 20.9 Å². The van der Waals surface area contributed by atoms with E-state index in [9.17, 15) is 9.59 Å². The summed E-state index contributed by atoms with van der Waals surface area (Å²) >= 11 is 8.55. The highest BCUT2D eigenvalue weighted by molar-refractivity contribution is 9.10. The zero-order valence-electron chi connectivity index (χ0n) is 17.3. The highest BCUT2D eigenvalue weighted by atomic mass is 79.9. The van der Waals surface area contributed by atoms with Gasteiger partial charge in [0.1, 0.15) is 5.75 Å². The summed E-state index contributed by atoms with van der Waals surface area (Å²) in [6.07, 6.45) is 0. The molecule has 0 atom stereocenters. The van der Waals surface area contributed by atoms with E-state index in [-0.39, 0.29) is 11.0 Å². The summed E-state index contributed by atoms with van der Waals surface area (Å²) in [5.41, 5.74) is 7.21. The van der Waals surface area contributed by atoms with Gasteiger partial charge in [0.15, 0.2) is 5.11 Å². The molecule has 3 N–H and O–H groups in total. The molecule has 0 aliphatic carbocycles. The molecule has 8 heteroatoms. The number of hydrogen-bond donors (Lipinski definition) is 3. The van der Waals surface area contributed by atoms with E-state index in [1.807, 2.05) is 67.6 Å². The van der Waals surface area contributed by atoms with E-state index < -0.39 is 11.8 Å². The first-order chi connectivity index (χ1) is 15.5. The number of nitrogens with one attached hydrogen (secondary N) is 3. The summed E-state index contributed by atoms with van der Waals surface area (Å²) in [4.78, 5) is 25.7. The number of carbonyl (C=O) groups is 2. The molecule has 3 aromatic rings. The lowest BCUT2D eigenvalue weighted by atomic mass is 9.91. The molecule has 0 spiro atoms. The van der Waals surface area contributed by atoms with Gasteiger partial charge >= 0.3 is 0 Å². The summed E-state index contributed by atoms with van der Waals surface area (Å²) < 4.78 is 6.24. The molecule has 3 rings (SSSR count). The molecule has 0 aromatic heterocycles. The van der Waals surface area contributed by atoms with Crippen LogP contribution in [0.5, 0.6) is 5.75 Å². The van der Waals surface area contributed by atoms with Crippen LogP contribution in [0.2, 0.25) is 0 Å². The minimum atomic E-state index is -0.543. The highest BCUT2D eigenvalue weighted by Gasteiger charge is 2.23. The van der Waals surface area contributed by atoms with Crippen molar-refractivity contribution in [2.75, 3.05) is 6.61 Å². The number of carbonyl (C=O) groups excluding carboxylic acids is 2. The average Bonchev–Trinajstić information content (AvgIpc) is 2.80. The number of amides is 2.